The second-order valence-corrected chi connectivity index (χ2v) is 4.11. The normalized spacial score (nSPS) is 11.5. The van der Waals surface area contributed by atoms with Crippen LogP contribution in [0, 0.1) is 28.8 Å². The fourth-order valence-electron chi connectivity index (χ4n) is 1.53. The molecule has 1 aromatic carbocycles. The van der Waals surface area contributed by atoms with Gasteiger partial charge in [0.1, 0.15) is 17.3 Å². The molecule has 0 fully saturated rings. The molecule has 21 heavy (non-hydrogen) atoms. The van der Waals surface area contributed by atoms with E-state index in [4.69, 9.17) is 16.9 Å². The molecule has 0 spiro atoms. The van der Waals surface area contributed by atoms with Crippen molar-refractivity contribution in [3.05, 3.63) is 46.0 Å². The molecule has 3 nitrogen and oxygen atoms in total. The van der Waals surface area contributed by atoms with E-state index >= 15 is 0 Å². The Hall–Kier alpha value is -2.21. The molecule has 1 heterocycles. The van der Waals surface area contributed by atoms with E-state index in [1.165, 1.54) is 6.07 Å². The van der Waals surface area contributed by atoms with Crippen LogP contribution in [0.15, 0.2) is 12.1 Å². The van der Waals surface area contributed by atoms with E-state index in [1.54, 1.807) is 0 Å². The Kier molecular flexibility index (Phi) is 3.59. The first-order chi connectivity index (χ1) is 9.66. The van der Waals surface area contributed by atoms with E-state index in [9.17, 15) is 26.3 Å². The van der Waals surface area contributed by atoms with Gasteiger partial charge in [-0.2, -0.15) is 23.5 Å². The molecule has 2 rings (SSSR count). The summed E-state index contributed by atoms with van der Waals surface area (Å²) in [6, 6.07) is 1.59. The van der Waals surface area contributed by atoms with Gasteiger partial charge in [0.05, 0.1) is 0 Å². The Bertz CT molecular complexity index is 759. The van der Waals surface area contributed by atoms with Crippen molar-refractivity contribution < 1.29 is 26.3 Å². The monoisotopic (exact) mass is 325 g/mol. The molecule has 0 bridgehead atoms. The highest BCUT2D eigenvalue weighted by molar-refractivity contribution is 6.31. The van der Waals surface area contributed by atoms with Gasteiger partial charge in [-0.15, -0.1) is 0 Å². The van der Waals surface area contributed by atoms with Gasteiger partial charge in [0.2, 0.25) is 0 Å². The number of aromatic nitrogens is 2. The topological polar surface area (TPSA) is 41.6 Å². The second-order valence-electron chi connectivity index (χ2n) is 3.75. The molecule has 1 aromatic heterocycles. The van der Waals surface area contributed by atoms with Crippen molar-refractivity contribution in [3.8, 4) is 11.8 Å². The lowest BCUT2D eigenvalue weighted by Crippen LogP contribution is -2.09. The van der Waals surface area contributed by atoms with Crippen LogP contribution < -0.4 is 0 Å². The third-order valence-electron chi connectivity index (χ3n) is 2.43. The van der Waals surface area contributed by atoms with E-state index in [0.29, 0.717) is 0 Å². The first-order valence-electron chi connectivity index (χ1n) is 5.07. The molecule has 0 N–H and O–H groups in total. The summed E-state index contributed by atoms with van der Waals surface area (Å²) in [4.78, 5) is 0. The molecule has 0 saturated carbocycles. The van der Waals surface area contributed by atoms with Crippen molar-refractivity contribution in [2.45, 2.75) is 6.18 Å². The van der Waals surface area contributed by atoms with Crippen LogP contribution in [0.5, 0.6) is 0 Å². The summed E-state index contributed by atoms with van der Waals surface area (Å²) in [5.41, 5.74) is -3.56. The van der Waals surface area contributed by atoms with Gasteiger partial charge in [0, 0.05) is 12.1 Å². The van der Waals surface area contributed by atoms with E-state index in [-0.39, 0.29) is 16.8 Å². The molecule has 110 valence electrons. The average molecular weight is 326 g/mol. The summed E-state index contributed by atoms with van der Waals surface area (Å²) in [6.45, 7) is 0. The van der Waals surface area contributed by atoms with Crippen molar-refractivity contribution in [2.24, 2.45) is 0 Å². The van der Waals surface area contributed by atoms with Crippen molar-refractivity contribution in [2.75, 3.05) is 0 Å². The molecule has 10 heteroatoms. The Morgan fingerprint density at radius 1 is 1.10 bits per heavy atom. The standard InChI is InChI=1S/C11H2ClF6N3/c12-10-4(3-19)9(11(16,17)18)20-21(10)8-2-6(14)5(13)1-7(8)15/h1-2H. The van der Waals surface area contributed by atoms with Gasteiger partial charge in [0.25, 0.3) is 0 Å². The van der Waals surface area contributed by atoms with E-state index in [0.717, 1.165) is 0 Å². The average Bonchev–Trinajstić information content (AvgIpc) is 2.70. The Morgan fingerprint density at radius 3 is 2.14 bits per heavy atom. The summed E-state index contributed by atoms with van der Waals surface area (Å²) >= 11 is 5.53. The third-order valence-corrected chi connectivity index (χ3v) is 2.78. The fourth-order valence-corrected chi connectivity index (χ4v) is 1.79. The number of alkyl halides is 3. The fraction of sp³-hybridized carbons (Fsp3) is 0.0909. The van der Waals surface area contributed by atoms with Crippen molar-refractivity contribution in [1.82, 2.24) is 9.78 Å². The number of hydrogen-bond acceptors (Lipinski definition) is 2. The highest BCUT2D eigenvalue weighted by Crippen LogP contribution is 2.35. The predicted molar refractivity (Wildman–Crippen MR) is 58.2 cm³/mol. The van der Waals surface area contributed by atoms with Gasteiger partial charge in [-0.1, -0.05) is 11.6 Å². The molecule has 2 aromatic rings. The number of benzene rings is 1. The zero-order valence-electron chi connectivity index (χ0n) is 9.64. The minimum Gasteiger partial charge on any atom is -0.217 e. The molecular weight excluding hydrogens is 324 g/mol. The maximum atomic E-state index is 13.5. The number of rotatable bonds is 1. The molecule has 0 aliphatic carbocycles. The minimum atomic E-state index is -5.02. The van der Waals surface area contributed by atoms with Crippen LogP contribution >= 0.6 is 11.6 Å². The maximum absolute atomic E-state index is 13.5. The van der Waals surface area contributed by atoms with Gasteiger partial charge >= 0.3 is 6.18 Å². The highest BCUT2D eigenvalue weighted by Gasteiger charge is 2.39. The Labute approximate surface area is 118 Å². The number of halogens is 7. The maximum Gasteiger partial charge on any atom is 0.436 e. The van der Waals surface area contributed by atoms with E-state index in [2.05, 4.69) is 5.10 Å². The largest absolute Gasteiger partial charge is 0.436 e. The molecule has 0 aliphatic heterocycles. The quantitative estimate of drug-likeness (QED) is 0.590. The van der Waals surface area contributed by atoms with Crippen LogP contribution in [0.1, 0.15) is 11.3 Å². The van der Waals surface area contributed by atoms with E-state index < -0.39 is 45.7 Å². The lowest BCUT2D eigenvalue weighted by Gasteiger charge is -2.05. The van der Waals surface area contributed by atoms with E-state index in [1.807, 2.05) is 0 Å². The molecule has 0 unspecified atom stereocenters. The van der Waals surface area contributed by atoms with Gasteiger partial charge in [0.15, 0.2) is 28.3 Å². The number of nitrogens with zero attached hydrogens (tertiary/aromatic N) is 3. The lowest BCUT2D eigenvalue weighted by atomic mass is 10.2. The summed E-state index contributed by atoms with van der Waals surface area (Å²) in [7, 11) is 0. The van der Waals surface area contributed by atoms with Gasteiger partial charge in [-0.05, 0) is 0 Å². The molecule has 0 atom stereocenters. The van der Waals surface area contributed by atoms with Gasteiger partial charge in [-0.3, -0.25) is 0 Å². The molecular formula is C11H2ClF6N3. The van der Waals surface area contributed by atoms with Gasteiger partial charge < -0.3 is 0 Å². The first-order valence-corrected chi connectivity index (χ1v) is 5.45. The van der Waals surface area contributed by atoms with Crippen LogP contribution in [0.4, 0.5) is 26.3 Å². The smallest absolute Gasteiger partial charge is 0.217 e. The summed E-state index contributed by atoms with van der Waals surface area (Å²) in [5, 5.41) is 10.8. The minimum absolute atomic E-state index is 0.127. The van der Waals surface area contributed by atoms with Crippen molar-refractivity contribution in [3.63, 3.8) is 0 Å². The summed E-state index contributed by atoms with van der Waals surface area (Å²) in [6.07, 6.45) is -5.02. The van der Waals surface area contributed by atoms with Gasteiger partial charge in [-0.25, -0.2) is 17.9 Å². The first kappa shape index (κ1) is 15.2. The summed E-state index contributed by atoms with van der Waals surface area (Å²) < 4.78 is 77.6. The second kappa shape index (κ2) is 4.96. The van der Waals surface area contributed by atoms with Crippen molar-refractivity contribution in [1.29, 1.82) is 5.26 Å². The predicted octanol–water partition coefficient (Wildman–Crippen LogP) is 3.83. The number of hydrogen-bond donors (Lipinski definition) is 0. The van der Waals surface area contributed by atoms with Crippen LogP contribution in [0.25, 0.3) is 5.69 Å². The summed E-state index contributed by atoms with van der Waals surface area (Å²) in [5.74, 6) is -4.43. The zero-order chi connectivity index (χ0) is 15.9. The van der Waals surface area contributed by atoms with Crippen LogP contribution in [0.2, 0.25) is 5.15 Å². The molecule has 0 saturated heterocycles. The third kappa shape index (κ3) is 2.54. The SMILES string of the molecule is N#Cc1c(C(F)(F)F)nn(-c2cc(F)c(F)cc2F)c1Cl. The lowest BCUT2D eigenvalue weighted by molar-refractivity contribution is -0.141. The molecule has 0 radical (unpaired) electrons. The van der Waals surface area contributed by atoms with Crippen LogP contribution in [-0.2, 0) is 6.18 Å². The molecule has 0 aliphatic rings. The van der Waals surface area contributed by atoms with Crippen LogP contribution in [-0.4, -0.2) is 9.78 Å². The zero-order valence-corrected chi connectivity index (χ0v) is 10.4. The Morgan fingerprint density at radius 2 is 1.67 bits per heavy atom. The highest BCUT2D eigenvalue weighted by atomic mass is 35.5. The van der Waals surface area contributed by atoms with Crippen LogP contribution in [0.3, 0.4) is 0 Å². The Balaban J connectivity index is 2.75. The van der Waals surface area contributed by atoms with Crippen molar-refractivity contribution >= 4 is 11.6 Å². The molecule has 0 amide bonds. The number of nitriles is 1.